The van der Waals surface area contributed by atoms with Crippen LogP contribution < -0.4 is 4.74 Å². The molecule has 28 heavy (non-hydrogen) atoms. The van der Waals surface area contributed by atoms with Gasteiger partial charge in [0.1, 0.15) is 18.5 Å². The van der Waals surface area contributed by atoms with E-state index in [1.807, 2.05) is 37.3 Å². The van der Waals surface area contributed by atoms with Crippen LogP contribution in [0.1, 0.15) is 11.1 Å². The quantitative estimate of drug-likeness (QED) is 0.682. The van der Waals surface area contributed by atoms with Crippen LogP contribution in [0.15, 0.2) is 54.6 Å². The van der Waals surface area contributed by atoms with E-state index in [-0.39, 0.29) is 0 Å². The van der Waals surface area contributed by atoms with Gasteiger partial charge >= 0.3 is 0 Å². The molecule has 1 fully saturated rings. The van der Waals surface area contributed by atoms with Crippen LogP contribution in [0.3, 0.4) is 0 Å². The first-order valence-corrected chi connectivity index (χ1v) is 10.1. The number of aryl methyl sites for hydroxylation is 1. The highest BCUT2D eigenvalue weighted by molar-refractivity contribution is 5.31. The lowest BCUT2D eigenvalue weighted by molar-refractivity contribution is 0.0255. The summed E-state index contributed by atoms with van der Waals surface area (Å²) in [5, 5.41) is 10.6. The summed E-state index contributed by atoms with van der Waals surface area (Å²) in [6, 6.07) is 18.3. The van der Waals surface area contributed by atoms with Crippen molar-refractivity contribution >= 4 is 0 Å². The summed E-state index contributed by atoms with van der Waals surface area (Å²) in [7, 11) is 0. The standard InChI is InChI=1S/C23H32N2O3/c1-20-7-5-6-10-23(20)28-19-22(26)18-25(17-21-8-3-2-4-9-21)12-11-24-13-15-27-16-14-24/h2-10,22,26H,11-19H2,1H3. The molecule has 0 spiro atoms. The van der Waals surface area contributed by atoms with Crippen molar-refractivity contribution in [2.75, 3.05) is 52.5 Å². The molecule has 0 aromatic heterocycles. The monoisotopic (exact) mass is 384 g/mol. The van der Waals surface area contributed by atoms with Gasteiger partial charge in [0.15, 0.2) is 0 Å². The van der Waals surface area contributed by atoms with Crippen LogP contribution in [0.25, 0.3) is 0 Å². The van der Waals surface area contributed by atoms with E-state index in [9.17, 15) is 5.11 Å². The molecule has 0 aliphatic carbocycles. The summed E-state index contributed by atoms with van der Waals surface area (Å²) in [6.45, 7) is 9.22. The first kappa shape index (κ1) is 20.8. The first-order valence-electron chi connectivity index (χ1n) is 10.1. The zero-order valence-electron chi connectivity index (χ0n) is 16.8. The van der Waals surface area contributed by atoms with Crippen LogP contribution in [-0.2, 0) is 11.3 Å². The second-order valence-corrected chi connectivity index (χ2v) is 7.41. The Morgan fingerprint density at radius 3 is 2.54 bits per heavy atom. The molecule has 3 rings (SSSR count). The largest absolute Gasteiger partial charge is 0.491 e. The average Bonchev–Trinajstić information content (AvgIpc) is 2.73. The fourth-order valence-corrected chi connectivity index (χ4v) is 3.44. The Labute approximate surface area is 168 Å². The number of aliphatic hydroxyl groups excluding tert-OH is 1. The van der Waals surface area contributed by atoms with E-state index >= 15 is 0 Å². The molecule has 1 unspecified atom stereocenters. The predicted octanol–water partition coefficient (Wildman–Crippen LogP) is 2.57. The fraction of sp³-hybridized carbons (Fsp3) is 0.478. The summed E-state index contributed by atoms with van der Waals surface area (Å²) in [5.74, 6) is 0.837. The third-order valence-corrected chi connectivity index (χ3v) is 5.08. The molecule has 5 nitrogen and oxygen atoms in total. The van der Waals surface area contributed by atoms with Crippen molar-refractivity contribution in [3.05, 3.63) is 65.7 Å². The predicted molar refractivity (Wildman–Crippen MR) is 112 cm³/mol. The van der Waals surface area contributed by atoms with Crippen molar-refractivity contribution in [3.8, 4) is 5.75 Å². The lowest BCUT2D eigenvalue weighted by Crippen LogP contribution is -2.43. The van der Waals surface area contributed by atoms with Gasteiger partial charge in [0.2, 0.25) is 0 Å². The number of nitrogens with zero attached hydrogens (tertiary/aromatic N) is 2. The Bertz CT molecular complexity index is 689. The fourth-order valence-electron chi connectivity index (χ4n) is 3.44. The normalized spacial score (nSPS) is 16.2. The number of para-hydroxylation sites is 1. The number of hydrogen-bond acceptors (Lipinski definition) is 5. The van der Waals surface area contributed by atoms with Crippen LogP contribution in [0, 0.1) is 6.92 Å². The van der Waals surface area contributed by atoms with Gasteiger partial charge in [-0.05, 0) is 24.1 Å². The highest BCUT2D eigenvalue weighted by atomic mass is 16.5. The van der Waals surface area contributed by atoms with Crippen LogP contribution >= 0.6 is 0 Å². The molecule has 1 atom stereocenters. The van der Waals surface area contributed by atoms with Crippen molar-refractivity contribution in [2.24, 2.45) is 0 Å². The second kappa shape index (κ2) is 11.2. The minimum Gasteiger partial charge on any atom is -0.491 e. The minimum absolute atomic E-state index is 0.299. The smallest absolute Gasteiger partial charge is 0.122 e. The number of hydrogen-bond donors (Lipinski definition) is 1. The molecule has 0 radical (unpaired) electrons. The third kappa shape index (κ3) is 6.91. The van der Waals surface area contributed by atoms with Gasteiger partial charge < -0.3 is 14.6 Å². The lowest BCUT2D eigenvalue weighted by Gasteiger charge is -2.31. The van der Waals surface area contributed by atoms with Gasteiger partial charge in [0.05, 0.1) is 13.2 Å². The molecule has 1 aliphatic heterocycles. The van der Waals surface area contributed by atoms with E-state index in [1.54, 1.807) is 0 Å². The molecule has 1 saturated heterocycles. The first-order chi connectivity index (χ1) is 13.7. The van der Waals surface area contributed by atoms with Crippen LogP contribution in [0.5, 0.6) is 5.75 Å². The maximum atomic E-state index is 10.6. The van der Waals surface area contributed by atoms with E-state index in [1.165, 1.54) is 5.56 Å². The van der Waals surface area contributed by atoms with Crippen molar-refractivity contribution in [1.29, 1.82) is 0 Å². The summed E-state index contributed by atoms with van der Waals surface area (Å²) in [6.07, 6.45) is -0.534. The molecule has 2 aromatic carbocycles. The highest BCUT2D eigenvalue weighted by Gasteiger charge is 2.16. The molecular weight excluding hydrogens is 352 g/mol. The maximum absolute atomic E-state index is 10.6. The van der Waals surface area contributed by atoms with Gasteiger partial charge in [-0.3, -0.25) is 9.80 Å². The Balaban J connectivity index is 1.53. The van der Waals surface area contributed by atoms with Gasteiger partial charge in [-0.15, -0.1) is 0 Å². The van der Waals surface area contributed by atoms with Gasteiger partial charge in [-0.2, -0.15) is 0 Å². The van der Waals surface area contributed by atoms with Crippen molar-refractivity contribution in [2.45, 2.75) is 19.6 Å². The molecule has 152 valence electrons. The zero-order chi connectivity index (χ0) is 19.6. The molecule has 1 N–H and O–H groups in total. The molecule has 1 aliphatic rings. The van der Waals surface area contributed by atoms with Crippen molar-refractivity contribution in [3.63, 3.8) is 0 Å². The summed E-state index contributed by atoms with van der Waals surface area (Å²) < 4.78 is 11.3. The SMILES string of the molecule is Cc1ccccc1OCC(O)CN(CCN1CCOCC1)Cc1ccccc1. The summed E-state index contributed by atoms with van der Waals surface area (Å²) in [4.78, 5) is 4.74. The highest BCUT2D eigenvalue weighted by Crippen LogP contribution is 2.16. The number of aliphatic hydroxyl groups is 1. The summed E-state index contributed by atoms with van der Waals surface area (Å²) >= 11 is 0. The van der Waals surface area contributed by atoms with Gasteiger partial charge in [0, 0.05) is 39.3 Å². The molecule has 0 saturated carbocycles. The third-order valence-electron chi connectivity index (χ3n) is 5.08. The zero-order valence-corrected chi connectivity index (χ0v) is 16.8. The van der Waals surface area contributed by atoms with Crippen LogP contribution in [0.2, 0.25) is 0 Å². The number of ether oxygens (including phenoxy) is 2. The molecule has 1 heterocycles. The van der Waals surface area contributed by atoms with Gasteiger partial charge in [0.25, 0.3) is 0 Å². The maximum Gasteiger partial charge on any atom is 0.122 e. The summed E-state index contributed by atoms with van der Waals surface area (Å²) in [5.41, 5.74) is 2.35. The number of morpholine rings is 1. The number of benzene rings is 2. The van der Waals surface area contributed by atoms with Crippen molar-refractivity contribution in [1.82, 2.24) is 9.80 Å². The van der Waals surface area contributed by atoms with E-state index in [4.69, 9.17) is 9.47 Å². The number of rotatable bonds is 10. The van der Waals surface area contributed by atoms with Crippen LogP contribution in [-0.4, -0.2) is 73.6 Å². The Kier molecular flexibility index (Phi) is 8.30. The molecule has 0 bridgehead atoms. The molecule has 2 aromatic rings. The van der Waals surface area contributed by atoms with Gasteiger partial charge in [-0.25, -0.2) is 0 Å². The van der Waals surface area contributed by atoms with Gasteiger partial charge in [-0.1, -0.05) is 48.5 Å². The minimum atomic E-state index is -0.534. The van der Waals surface area contributed by atoms with Crippen LogP contribution in [0.4, 0.5) is 0 Å². The Hall–Kier alpha value is -1.92. The Morgan fingerprint density at radius 1 is 1.07 bits per heavy atom. The van der Waals surface area contributed by atoms with E-state index in [0.717, 1.165) is 57.3 Å². The van der Waals surface area contributed by atoms with Crippen molar-refractivity contribution < 1.29 is 14.6 Å². The lowest BCUT2D eigenvalue weighted by atomic mass is 10.2. The molecule has 5 heteroatoms. The Morgan fingerprint density at radius 2 is 1.79 bits per heavy atom. The second-order valence-electron chi connectivity index (χ2n) is 7.41. The molecule has 0 amide bonds. The molecular formula is C23H32N2O3. The van der Waals surface area contributed by atoms with E-state index < -0.39 is 6.10 Å². The topological polar surface area (TPSA) is 45.2 Å². The van der Waals surface area contributed by atoms with E-state index in [0.29, 0.717) is 13.2 Å². The average molecular weight is 385 g/mol. The van der Waals surface area contributed by atoms with E-state index in [2.05, 4.69) is 34.1 Å².